The standard InChI is InChI=1S/C15H32O/c1-5-8-11-15(16,12-9-6-2)13-10-14(4)7-3/h14,16H,5-13H2,1-4H3/t14-/m0/s1. The topological polar surface area (TPSA) is 20.2 Å². The van der Waals surface area contributed by atoms with Gasteiger partial charge in [-0.2, -0.15) is 0 Å². The first-order valence-corrected chi connectivity index (χ1v) is 7.30. The molecule has 0 fully saturated rings. The largest absolute Gasteiger partial charge is 0.390 e. The van der Waals surface area contributed by atoms with Crippen molar-refractivity contribution in [2.45, 2.75) is 91.1 Å². The van der Waals surface area contributed by atoms with E-state index in [1.807, 2.05) is 0 Å². The van der Waals surface area contributed by atoms with Crippen LogP contribution in [-0.2, 0) is 0 Å². The number of unbranched alkanes of at least 4 members (excludes halogenated alkanes) is 2. The second-order valence-electron chi connectivity index (χ2n) is 5.48. The monoisotopic (exact) mass is 228 g/mol. The molecule has 0 spiro atoms. The summed E-state index contributed by atoms with van der Waals surface area (Å²) in [4.78, 5) is 0. The van der Waals surface area contributed by atoms with Crippen LogP contribution in [0.1, 0.15) is 85.5 Å². The predicted octanol–water partition coefficient (Wildman–Crippen LogP) is 4.92. The van der Waals surface area contributed by atoms with Gasteiger partial charge in [-0.25, -0.2) is 0 Å². The molecule has 1 nitrogen and oxygen atoms in total. The van der Waals surface area contributed by atoms with Crippen molar-refractivity contribution in [1.82, 2.24) is 0 Å². The second kappa shape index (κ2) is 9.04. The van der Waals surface area contributed by atoms with Crippen molar-refractivity contribution in [2.75, 3.05) is 0 Å². The zero-order valence-electron chi connectivity index (χ0n) is 11.9. The minimum Gasteiger partial charge on any atom is -0.390 e. The molecule has 0 saturated carbocycles. The Morgan fingerprint density at radius 3 is 1.81 bits per heavy atom. The van der Waals surface area contributed by atoms with Crippen LogP contribution in [0.15, 0.2) is 0 Å². The first kappa shape index (κ1) is 16.0. The summed E-state index contributed by atoms with van der Waals surface area (Å²) in [5.74, 6) is 0.759. The number of hydrogen-bond acceptors (Lipinski definition) is 1. The van der Waals surface area contributed by atoms with Crippen LogP contribution in [0.2, 0.25) is 0 Å². The fourth-order valence-corrected chi connectivity index (χ4v) is 2.11. The SMILES string of the molecule is CCCCC(O)(CCCC)CC[C@@H](C)CC. The van der Waals surface area contributed by atoms with Crippen LogP contribution in [-0.4, -0.2) is 10.7 Å². The Kier molecular flexibility index (Phi) is 9.02. The second-order valence-corrected chi connectivity index (χ2v) is 5.48. The normalized spacial score (nSPS) is 14.1. The van der Waals surface area contributed by atoms with Crippen molar-refractivity contribution < 1.29 is 5.11 Å². The number of hydrogen-bond donors (Lipinski definition) is 1. The highest BCUT2D eigenvalue weighted by molar-refractivity contribution is 4.78. The quantitative estimate of drug-likeness (QED) is 0.562. The van der Waals surface area contributed by atoms with Crippen molar-refractivity contribution in [2.24, 2.45) is 5.92 Å². The molecule has 0 aliphatic heterocycles. The van der Waals surface area contributed by atoms with E-state index < -0.39 is 0 Å². The van der Waals surface area contributed by atoms with E-state index in [2.05, 4.69) is 27.7 Å². The average Bonchev–Trinajstić information content (AvgIpc) is 2.31. The van der Waals surface area contributed by atoms with E-state index in [1.54, 1.807) is 0 Å². The molecule has 0 unspecified atom stereocenters. The van der Waals surface area contributed by atoms with Gasteiger partial charge >= 0.3 is 0 Å². The molecular formula is C15H32O. The first-order chi connectivity index (χ1) is 7.58. The fourth-order valence-electron chi connectivity index (χ4n) is 2.11. The van der Waals surface area contributed by atoms with E-state index in [9.17, 15) is 5.11 Å². The summed E-state index contributed by atoms with van der Waals surface area (Å²) in [5, 5.41) is 10.6. The summed E-state index contributed by atoms with van der Waals surface area (Å²) >= 11 is 0. The number of aliphatic hydroxyl groups is 1. The summed E-state index contributed by atoms with van der Waals surface area (Å²) in [6, 6.07) is 0. The summed E-state index contributed by atoms with van der Waals surface area (Å²) in [6.07, 6.45) is 10.1. The maximum Gasteiger partial charge on any atom is 0.0648 e. The lowest BCUT2D eigenvalue weighted by atomic mass is 9.84. The van der Waals surface area contributed by atoms with Crippen molar-refractivity contribution in [3.05, 3.63) is 0 Å². The highest BCUT2D eigenvalue weighted by Gasteiger charge is 2.25. The molecule has 0 aliphatic rings. The van der Waals surface area contributed by atoms with Crippen LogP contribution in [0.5, 0.6) is 0 Å². The van der Waals surface area contributed by atoms with E-state index in [0.717, 1.165) is 25.2 Å². The van der Waals surface area contributed by atoms with Crippen LogP contribution in [0.25, 0.3) is 0 Å². The molecule has 0 amide bonds. The fraction of sp³-hybridized carbons (Fsp3) is 1.00. The molecule has 1 atom stereocenters. The molecule has 1 heteroatoms. The Hall–Kier alpha value is -0.0400. The van der Waals surface area contributed by atoms with Gasteiger partial charge in [-0.15, -0.1) is 0 Å². The van der Waals surface area contributed by atoms with Gasteiger partial charge in [-0.3, -0.25) is 0 Å². The lowest BCUT2D eigenvalue weighted by molar-refractivity contribution is 0.00501. The third kappa shape index (κ3) is 7.27. The van der Waals surface area contributed by atoms with Crippen LogP contribution in [0.3, 0.4) is 0 Å². The highest BCUT2D eigenvalue weighted by Crippen LogP contribution is 2.28. The van der Waals surface area contributed by atoms with Gasteiger partial charge in [0.1, 0.15) is 0 Å². The van der Waals surface area contributed by atoms with E-state index >= 15 is 0 Å². The van der Waals surface area contributed by atoms with Crippen molar-refractivity contribution in [1.29, 1.82) is 0 Å². The maximum absolute atomic E-state index is 10.6. The molecule has 1 N–H and O–H groups in total. The van der Waals surface area contributed by atoms with E-state index in [-0.39, 0.29) is 5.60 Å². The number of rotatable bonds is 10. The lowest BCUT2D eigenvalue weighted by Gasteiger charge is -2.29. The molecule has 0 radical (unpaired) electrons. The van der Waals surface area contributed by atoms with Gasteiger partial charge in [0, 0.05) is 0 Å². The Morgan fingerprint density at radius 1 is 0.938 bits per heavy atom. The van der Waals surface area contributed by atoms with Crippen LogP contribution < -0.4 is 0 Å². The average molecular weight is 228 g/mol. The Labute approximate surface area is 103 Å². The van der Waals surface area contributed by atoms with Gasteiger partial charge in [-0.1, -0.05) is 59.8 Å². The third-order valence-corrected chi connectivity index (χ3v) is 3.79. The molecule has 0 aliphatic carbocycles. The molecule has 0 aromatic rings. The molecule has 0 rings (SSSR count). The van der Waals surface area contributed by atoms with Gasteiger partial charge in [0.15, 0.2) is 0 Å². The third-order valence-electron chi connectivity index (χ3n) is 3.79. The molecule has 0 bridgehead atoms. The van der Waals surface area contributed by atoms with Gasteiger partial charge in [0.2, 0.25) is 0 Å². The minimum absolute atomic E-state index is 0.366. The van der Waals surface area contributed by atoms with Gasteiger partial charge in [-0.05, 0) is 31.6 Å². The Morgan fingerprint density at radius 2 is 1.44 bits per heavy atom. The predicted molar refractivity (Wildman–Crippen MR) is 72.7 cm³/mol. The molecule has 16 heavy (non-hydrogen) atoms. The minimum atomic E-state index is -0.366. The van der Waals surface area contributed by atoms with E-state index in [4.69, 9.17) is 0 Å². The van der Waals surface area contributed by atoms with Crippen LogP contribution >= 0.6 is 0 Å². The smallest absolute Gasteiger partial charge is 0.0648 e. The Balaban J connectivity index is 4.06. The van der Waals surface area contributed by atoms with Crippen LogP contribution in [0.4, 0.5) is 0 Å². The zero-order valence-corrected chi connectivity index (χ0v) is 11.9. The highest BCUT2D eigenvalue weighted by atomic mass is 16.3. The summed E-state index contributed by atoms with van der Waals surface area (Å²) < 4.78 is 0. The van der Waals surface area contributed by atoms with E-state index in [0.29, 0.717) is 0 Å². The molecule has 0 aromatic heterocycles. The van der Waals surface area contributed by atoms with Gasteiger partial charge in [0.25, 0.3) is 0 Å². The maximum atomic E-state index is 10.6. The lowest BCUT2D eigenvalue weighted by Crippen LogP contribution is -2.29. The first-order valence-electron chi connectivity index (χ1n) is 7.30. The molecule has 98 valence electrons. The molecule has 0 heterocycles. The van der Waals surface area contributed by atoms with Crippen molar-refractivity contribution in [3.63, 3.8) is 0 Å². The summed E-state index contributed by atoms with van der Waals surface area (Å²) in [5.41, 5.74) is -0.366. The van der Waals surface area contributed by atoms with Gasteiger partial charge in [0.05, 0.1) is 5.60 Å². The summed E-state index contributed by atoms with van der Waals surface area (Å²) in [7, 11) is 0. The van der Waals surface area contributed by atoms with Crippen molar-refractivity contribution in [3.8, 4) is 0 Å². The zero-order chi connectivity index (χ0) is 12.4. The Bertz CT molecular complexity index is 146. The van der Waals surface area contributed by atoms with Gasteiger partial charge < -0.3 is 5.11 Å². The molecule has 0 saturated heterocycles. The molecular weight excluding hydrogens is 196 g/mol. The van der Waals surface area contributed by atoms with E-state index in [1.165, 1.54) is 38.5 Å². The van der Waals surface area contributed by atoms with Crippen molar-refractivity contribution >= 4 is 0 Å². The summed E-state index contributed by atoms with van der Waals surface area (Å²) in [6.45, 7) is 8.94. The van der Waals surface area contributed by atoms with Crippen LogP contribution in [0, 0.1) is 5.92 Å². The molecule has 0 aromatic carbocycles.